The standard InChI is InChI=1S/C19H14N2O4S2/c1-12-8-9-13(11-15(12)20-18(22)16-6-4-10-26-16)25-19-14-5-2-3-7-17(14)27(23,24)21-19/h2-11H,1H3,(H,20,22). The number of fused-ring (bicyclic) bond motifs is 1. The van der Waals surface area contributed by atoms with Crippen LogP contribution in [0.4, 0.5) is 5.69 Å². The van der Waals surface area contributed by atoms with Gasteiger partial charge in [0.15, 0.2) is 0 Å². The summed E-state index contributed by atoms with van der Waals surface area (Å²) in [6.07, 6.45) is 0. The average molecular weight is 398 g/mol. The first-order valence-corrected chi connectivity index (χ1v) is 10.3. The van der Waals surface area contributed by atoms with Crippen LogP contribution in [-0.2, 0) is 10.0 Å². The molecule has 2 aromatic carbocycles. The Bertz CT molecular complexity index is 1170. The molecule has 0 saturated carbocycles. The van der Waals surface area contributed by atoms with Crippen molar-refractivity contribution in [3.05, 3.63) is 76.0 Å². The number of carbonyl (C=O) groups is 1. The number of nitrogens with zero attached hydrogens (tertiary/aromatic N) is 1. The van der Waals surface area contributed by atoms with Crippen molar-refractivity contribution in [1.82, 2.24) is 0 Å². The third-order valence-electron chi connectivity index (χ3n) is 4.02. The summed E-state index contributed by atoms with van der Waals surface area (Å²) in [4.78, 5) is 13.0. The zero-order valence-corrected chi connectivity index (χ0v) is 15.8. The molecule has 1 aliphatic rings. The number of benzene rings is 2. The molecule has 8 heteroatoms. The Kier molecular flexibility index (Phi) is 4.29. The monoisotopic (exact) mass is 398 g/mol. The van der Waals surface area contributed by atoms with Crippen LogP contribution in [0.5, 0.6) is 5.75 Å². The normalized spacial score (nSPS) is 14.3. The Labute approximate surface area is 160 Å². The van der Waals surface area contributed by atoms with Crippen molar-refractivity contribution in [2.75, 3.05) is 5.32 Å². The van der Waals surface area contributed by atoms with Gasteiger partial charge in [0.1, 0.15) is 10.6 Å². The molecular weight excluding hydrogens is 384 g/mol. The third-order valence-corrected chi connectivity index (χ3v) is 6.20. The highest BCUT2D eigenvalue weighted by Crippen LogP contribution is 2.29. The predicted octanol–water partition coefficient (Wildman–Crippen LogP) is 3.84. The molecule has 0 bridgehead atoms. The highest BCUT2D eigenvalue weighted by molar-refractivity contribution is 7.90. The molecule has 0 unspecified atom stereocenters. The molecule has 27 heavy (non-hydrogen) atoms. The lowest BCUT2D eigenvalue weighted by molar-refractivity contribution is 0.103. The number of amides is 1. The van der Waals surface area contributed by atoms with E-state index in [9.17, 15) is 13.2 Å². The summed E-state index contributed by atoms with van der Waals surface area (Å²) in [6, 6.07) is 15.2. The van der Waals surface area contributed by atoms with E-state index >= 15 is 0 Å². The predicted molar refractivity (Wildman–Crippen MR) is 104 cm³/mol. The second-order valence-corrected chi connectivity index (χ2v) is 8.40. The van der Waals surface area contributed by atoms with Crippen molar-refractivity contribution in [1.29, 1.82) is 0 Å². The van der Waals surface area contributed by atoms with Gasteiger partial charge in [0.25, 0.3) is 15.9 Å². The quantitative estimate of drug-likeness (QED) is 0.726. The lowest BCUT2D eigenvalue weighted by Crippen LogP contribution is -2.12. The van der Waals surface area contributed by atoms with Gasteiger partial charge >= 0.3 is 0 Å². The molecule has 1 amide bonds. The van der Waals surface area contributed by atoms with Crippen molar-refractivity contribution in [3.63, 3.8) is 0 Å². The van der Waals surface area contributed by atoms with E-state index in [1.54, 1.807) is 42.5 Å². The second-order valence-electron chi connectivity index (χ2n) is 5.88. The van der Waals surface area contributed by atoms with Crippen molar-refractivity contribution >= 4 is 38.9 Å². The number of anilines is 1. The van der Waals surface area contributed by atoms with Crippen LogP contribution in [0, 0.1) is 6.92 Å². The van der Waals surface area contributed by atoms with Gasteiger partial charge in [-0.25, -0.2) is 0 Å². The number of aryl methyl sites for hydroxylation is 1. The minimum absolute atomic E-state index is 0.0185. The van der Waals surface area contributed by atoms with Gasteiger partial charge in [0.05, 0.1) is 10.4 Å². The third kappa shape index (κ3) is 3.36. The molecule has 0 fully saturated rings. The van der Waals surface area contributed by atoms with Gasteiger partial charge in [0, 0.05) is 11.8 Å². The van der Waals surface area contributed by atoms with Crippen molar-refractivity contribution in [2.45, 2.75) is 11.8 Å². The van der Waals surface area contributed by atoms with Gasteiger partial charge in [0.2, 0.25) is 5.90 Å². The highest BCUT2D eigenvalue weighted by Gasteiger charge is 2.30. The van der Waals surface area contributed by atoms with Gasteiger partial charge in [-0.15, -0.1) is 15.7 Å². The molecule has 0 radical (unpaired) electrons. The fourth-order valence-electron chi connectivity index (χ4n) is 2.65. The summed E-state index contributed by atoms with van der Waals surface area (Å²) < 4.78 is 33.7. The average Bonchev–Trinajstić information content (AvgIpc) is 3.26. The first-order chi connectivity index (χ1) is 12.9. The molecule has 0 aliphatic carbocycles. The van der Waals surface area contributed by atoms with Crippen molar-refractivity contribution in [2.24, 2.45) is 4.40 Å². The fourth-order valence-corrected chi connectivity index (χ4v) is 4.41. The number of nitrogens with one attached hydrogen (secondary N) is 1. The fraction of sp³-hybridized carbons (Fsp3) is 0.0526. The molecule has 1 N–H and O–H groups in total. The molecule has 2 heterocycles. The minimum Gasteiger partial charge on any atom is -0.438 e. The van der Waals surface area contributed by atoms with Crippen LogP contribution < -0.4 is 10.1 Å². The maximum absolute atomic E-state index is 12.3. The molecular formula is C19H14N2O4S2. The summed E-state index contributed by atoms with van der Waals surface area (Å²) in [6.45, 7) is 1.86. The summed E-state index contributed by atoms with van der Waals surface area (Å²) in [5.41, 5.74) is 1.86. The molecule has 6 nitrogen and oxygen atoms in total. The summed E-state index contributed by atoms with van der Waals surface area (Å²) in [5.74, 6) is 0.189. The number of carbonyl (C=O) groups excluding carboxylic acids is 1. The highest BCUT2D eigenvalue weighted by atomic mass is 32.2. The van der Waals surface area contributed by atoms with Crippen LogP contribution >= 0.6 is 11.3 Å². The number of sulfonamides is 1. The molecule has 0 atom stereocenters. The Morgan fingerprint density at radius 3 is 2.70 bits per heavy atom. The van der Waals surface area contributed by atoms with E-state index in [4.69, 9.17) is 4.74 Å². The lowest BCUT2D eigenvalue weighted by atomic mass is 10.2. The molecule has 1 aromatic heterocycles. The molecule has 0 saturated heterocycles. The van der Waals surface area contributed by atoms with Gasteiger partial charge in [-0.05, 0) is 42.1 Å². The largest absolute Gasteiger partial charge is 0.438 e. The summed E-state index contributed by atoms with van der Waals surface area (Å²) in [5, 5.41) is 4.68. The number of ether oxygens (including phenoxy) is 1. The summed E-state index contributed by atoms with van der Waals surface area (Å²) >= 11 is 1.35. The maximum Gasteiger partial charge on any atom is 0.286 e. The maximum atomic E-state index is 12.3. The van der Waals surface area contributed by atoms with E-state index in [0.29, 0.717) is 21.9 Å². The van der Waals surface area contributed by atoms with Crippen LogP contribution in [0.3, 0.4) is 0 Å². The van der Waals surface area contributed by atoms with Gasteiger partial charge in [-0.1, -0.05) is 24.3 Å². The smallest absolute Gasteiger partial charge is 0.286 e. The Hall–Kier alpha value is -2.97. The van der Waals surface area contributed by atoms with Gasteiger partial charge in [-0.2, -0.15) is 8.42 Å². The van der Waals surface area contributed by atoms with E-state index in [2.05, 4.69) is 9.71 Å². The van der Waals surface area contributed by atoms with Crippen LogP contribution in [0.1, 0.15) is 20.8 Å². The molecule has 3 aromatic rings. The zero-order valence-electron chi connectivity index (χ0n) is 14.2. The summed E-state index contributed by atoms with van der Waals surface area (Å²) in [7, 11) is -3.75. The van der Waals surface area contributed by atoms with E-state index < -0.39 is 10.0 Å². The first-order valence-electron chi connectivity index (χ1n) is 8.02. The Balaban J connectivity index is 1.62. The van der Waals surface area contributed by atoms with E-state index in [1.165, 1.54) is 17.4 Å². The molecule has 4 rings (SSSR count). The first kappa shape index (κ1) is 17.4. The van der Waals surface area contributed by atoms with E-state index in [0.717, 1.165) is 5.56 Å². The number of hydrogen-bond donors (Lipinski definition) is 1. The zero-order chi connectivity index (χ0) is 19.0. The van der Waals surface area contributed by atoms with E-state index in [1.807, 2.05) is 18.4 Å². The van der Waals surface area contributed by atoms with Crippen molar-refractivity contribution < 1.29 is 17.9 Å². The number of rotatable bonds is 3. The topological polar surface area (TPSA) is 84.8 Å². The number of thiophene rings is 1. The minimum atomic E-state index is -3.75. The molecule has 1 aliphatic heterocycles. The van der Waals surface area contributed by atoms with Crippen LogP contribution in [0.2, 0.25) is 0 Å². The van der Waals surface area contributed by atoms with Crippen LogP contribution in [-0.4, -0.2) is 20.2 Å². The molecule has 136 valence electrons. The van der Waals surface area contributed by atoms with Crippen molar-refractivity contribution in [3.8, 4) is 5.75 Å². The SMILES string of the molecule is Cc1ccc(OC2=NS(=O)(=O)c3ccccc32)cc1NC(=O)c1cccs1. The van der Waals surface area contributed by atoms with Crippen LogP contribution in [0.25, 0.3) is 0 Å². The Morgan fingerprint density at radius 1 is 1.11 bits per heavy atom. The number of hydrogen-bond acceptors (Lipinski definition) is 5. The van der Waals surface area contributed by atoms with Crippen LogP contribution in [0.15, 0.2) is 69.3 Å². The van der Waals surface area contributed by atoms with E-state index in [-0.39, 0.29) is 16.7 Å². The van der Waals surface area contributed by atoms with Gasteiger partial charge in [-0.3, -0.25) is 4.79 Å². The molecule has 0 spiro atoms. The second kappa shape index (κ2) is 6.64. The van der Waals surface area contributed by atoms with Gasteiger partial charge < -0.3 is 10.1 Å². The Morgan fingerprint density at radius 2 is 1.93 bits per heavy atom. The lowest BCUT2D eigenvalue weighted by Gasteiger charge is -2.11.